The Kier molecular flexibility index (Phi) is 6.05. The van der Waals surface area contributed by atoms with E-state index in [9.17, 15) is 0 Å². The van der Waals surface area contributed by atoms with Crippen molar-refractivity contribution in [3.8, 4) is 0 Å². The number of morpholine rings is 1. The molecule has 84 valence electrons. The molecule has 1 fully saturated rings. The molecule has 0 aliphatic carbocycles. The highest BCUT2D eigenvalue weighted by Crippen LogP contribution is 1.93. The van der Waals surface area contributed by atoms with E-state index in [-0.39, 0.29) is 0 Å². The largest absolute Gasteiger partial charge is 0.379 e. The molecule has 1 saturated heterocycles. The number of hydrogen-bond donors (Lipinski definition) is 0. The fraction of sp³-hybridized carbons (Fsp3) is 0.538. The van der Waals surface area contributed by atoms with Crippen molar-refractivity contribution in [3.63, 3.8) is 0 Å². The molecular weight excluding hydrogens is 186 g/mol. The zero-order valence-corrected chi connectivity index (χ0v) is 9.78. The average molecular weight is 207 g/mol. The summed E-state index contributed by atoms with van der Waals surface area (Å²) < 4.78 is 5.16. The molecule has 0 saturated carbocycles. The molecule has 0 spiro atoms. The molecule has 2 nitrogen and oxygen atoms in total. The first kappa shape index (κ1) is 12.2. The van der Waals surface area contributed by atoms with Crippen LogP contribution in [-0.2, 0) is 4.74 Å². The van der Waals surface area contributed by atoms with Crippen LogP contribution in [0.2, 0.25) is 0 Å². The van der Waals surface area contributed by atoms with Gasteiger partial charge in [-0.15, -0.1) is 0 Å². The summed E-state index contributed by atoms with van der Waals surface area (Å²) in [5.41, 5.74) is 1.32. The third kappa shape index (κ3) is 5.55. The first-order valence-electron chi connectivity index (χ1n) is 5.64. The van der Waals surface area contributed by atoms with Gasteiger partial charge < -0.3 is 4.74 Å². The topological polar surface area (TPSA) is 12.5 Å². The highest BCUT2D eigenvalue weighted by atomic mass is 16.5. The van der Waals surface area contributed by atoms with E-state index in [1.54, 1.807) is 0 Å². The van der Waals surface area contributed by atoms with E-state index in [1.807, 2.05) is 18.2 Å². The summed E-state index contributed by atoms with van der Waals surface area (Å²) in [6.45, 7) is 9.53. The van der Waals surface area contributed by atoms with Crippen LogP contribution in [0, 0.1) is 6.92 Å². The SMILES string of the molecule is CCN1CCOCC1.Cc1ccccc1. The number of benzene rings is 1. The quantitative estimate of drug-likeness (QED) is 0.701. The van der Waals surface area contributed by atoms with Crippen LogP contribution in [0.5, 0.6) is 0 Å². The van der Waals surface area contributed by atoms with Crippen LogP contribution in [0.1, 0.15) is 12.5 Å². The zero-order valence-electron chi connectivity index (χ0n) is 9.78. The van der Waals surface area contributed by atoms with E-state index in [0.29, 0.717) is 0 Å². The molecule has 0 radical (unpaired) electrons. The molecule has 1 aliphatic rings. The molecule has 0 amide bonds. The van der Waals surface area contributed by atoms with Crippen LogP contribution in [0.15, 0.2) is 30.3 Å². The van der Waals surface area contributed by atoms with Crippen LogP contribution in [0.3, 0.4) is 0 Å². The molecular formula is C13H21NO. The first-order chi connectivity index (χ1) is 7.33. The Balaban J connectivity index is 0.000000151. The van der Waals surface area contributed by atoms with Gasteiger partial charge in [-0.1, -0.05) is 42.8 Å². The number of nitrogens with zero attached hydrogens (tertiary/aromatic N) is 1. The number of rotatable bonds is 1. The Bertz CT molecular complexity index is 242. The molecule has 0 N–H and O–H groups in total. The number of hydrogen-bond acceptors (Lipinski definition) is 2. The molecule has 0 unspecified atom stereocenters. The minimum absolute atomic E-state index is 0.924. The summed E-state index contributed by atoms with van der Waals surface area (Å²) in [4.78, 5) is 2.39. The van der Waals surface area contributed by atoms with Crippen molar-refractivity contribution in [2.45, 2.75) is 13.8 Å². The van der Waals surface area contributed by atoms with Gasteiger partial charge in [0.05, 0.1) is 13.2 Å². The average Bonchev–Trinajstić information content (AvgIpc) is 2.32. The lowest BCUT2D eigenvalue weighted by molar-refractivity contribution is 0.0405. The van der Waals surface area contributed by atoms with Gasteiger partial charge in [-0.3, -0.25) is 4.90 Å². The van der Waals surface area contributed by atoms with Crippen molar-refractivity contribution in [1.82, 2.24) is 4.90 Å². The van der Waals surface area contributed by atoms with Crippen LogP contribution in [0.25, 0.3) is 0 Å². The molecule has 0 atom stereocenters. The van der Waals surface area contributed by atoms with Crippen LogP contribution in [0.4, 0.5) is 0 Å². The summed E-state index contributed by atoms with van der Waals surface area (Å²) in [7, 11) is 0. The third-order valence-corrected chi connectivity index (χ3v) is 2.49. The minimum Gasteiger partial charge on any atom is -0.379 e. The smallest absolute Gasteiger partial charge is 0.0594 e. The maximum absolute atomic E-state index is 5.16. The van der Waals surface area contributed by atoms with E-state index in [4.69, 9.17) is 4.74 Å². The van der Waals surface area contributed by atoms with Gasteiger partial charge in [0, 0.05) is 13.1 Å². The van der Waals surface area contributed by atoms with Gasteiger partial charge in [0.25, 0.3) is 0 Å². The van der Waals surface area contributed by atoms with Crippen LogP contribution < -0.4 is 0 Å². The summed E-state index contributed by atoms with van der Waals surface area (Å²) in [6, 6.07) is 10.3. The molecule has 0 bridgehead atoms. The van der Waals surface area contributed by atoms with E-state index < -0.39 is 0 Å². The Labute approximate surface area is 92.9 Å². The third-order valence-electron chi connectivity index (χ3n) is 2.49. The number of aryl methyl sites for hydroxylation is 1. The molecule has 1 aromatic rings. The molecule has 1 aromatic carbocycles. The summed E-state index contributed by atoms with van der Waals surface area (Å²) >= 11 is 0. The van der Waals surface area contributed by atoms with Gasteiger partial charge in [0.2, 0.25) is 0 Å². The summed E-state index contributed by atoms with van der Waals surface area (Å²) in [6.07, 6.45) is 0. The first-order valence-corrected chi connectivity index (χ1v) is 5.64. The predicted molar refractivity (Wildman–Crippen MR) is 64.1 cm³/mol. The molecule has 2 rings (SSSR count). The minimum atomic E-state index is 0.924. The van der Waals surface area contributed by atoms with Crippen molar-refractivity contribution in [3.05, 3.63) is 35.9 Å². The highest BCUT2D eigenvalue weighted by molar-refractivity contribution is 5.11. The molecule has 2 heteroatoms. The fourth-order valence-electron chi connectivity index (χ4n) is 1.45. The van der Waals surface area contributed by atoms with Crippen molar-refractivity contribution < 1.29 is 4.74 Å². The monoisotopic (exact) mass is 207 g/mol. The normalized spacial score (nSPS) is 16.7. The Morgan fingerprint density at radius 1 is 1.13 bits per heavy atom. The molecule has 1 aliphatic heterocycles. The lowest BCUT2D eigenvalue weighted by Gasteiger charge is -2.24. The van der Waals surface area contributed by atoms with Gasteiger partial charge in [0.15, 0.2) is 0 Å². The van der Waals surface area contributed by atoms with Gasteiger partial charge in [-0.2, -0.15) is 0 Å². The highest BCUT2D eigenvalue weighted by Gasteiger charge is 2.05. The van der Waals surface area contributed by atoms with Crippen LogP contribution in [-0.4, -0.2) is 37.7 Å². The van der Waals surface area contributed by atoms with Gasteiger partial charge in [-0.25, -0.2) is 0 Å². The van der Waals surface area contributed by atoms with E-state index in [2.05, 4.69) is 30.9 Å². The predicted octanol–water partition coefficient (Wildman–Crippen LogP) is 2.33. The Morgan fingerprint density at radius 2 is 1.73 bits per heavy atom. The van der Waals surface area contributed by atoms with Gasteiger partial charge in [-0.05, 0) is 13.5 Å². The van der Waals surface area contributed by atoms with Crippen molar-refractivity contribution >= 4 is 0 Å². The molecule has 1 heterocycles. The Hall–Kier alpha value is -0.860. The van der Waals surface area contributed by atoms with Crippen molar-refractivity contribution in [1.29, 1.82) is 0 Å². The van der Waals surface area contributed by atoms with E-state index >= 15 is 0 Å². The maximum Gasteiger partial charge on any atom is 0.0594 e. The second-order valence-corrected chi connectivity index (χ2v) is 3.70. The number of ether oxygens (including phenoxy) is 1. The second kappa shape index (κ2) is 7.43. The van der Waals surface area contributed by atoms with Gasteiger partial charge in [0.1, 0.15) is 0 Å². The van der Waals surface area contributed by atoms with E-state index in [1.165, 1.54) is 12.1 Å². The fourth-order valence-corrected chi connectivity index (χ4v) is 1.45. The maximum atomic E-state index is 5.16. The Morgan fingerprint density at radius 3 is 2.07 bits per heavy atom. The van der Waals surface area contributed by atoms with Crippen LogP contribution >= 0.6 is 0 Å². The lowest BCUT2D eigenvalue weighted by atomic mass is 10.2. The summed E-state index contributed by atoms with van der Waals surface area (Å²) in [5, 5.41) is 0. The standard InChI is InChI=1S/C7H8.C6H13NO/c1-7-5-3-2-4-6-7;1-2-7-3-5-8-6-4-7/h2-6H,1H3;2-6H2,1H3. The van der Waals surface area contributed by atoms with E-state index in [0.717, 1.165) is 26.3 Å². The van der Waals surface area contributed by atoms with Gasteiger partial charge >= 0.3 is 0 Å². The van der Waals surface area contributed by atoms with Crippen molar-refractivity contribution in [2.75, 3.05) is 32.8 Å². The van der Waals surface area contributed by atoms with Crippen molar-refractivity contribution in [2.24, 2.45) is 0 Å². The molecule has 0 aromatic heterocycles. The zero-order chi connectivity index (χ0) is 10.9. The number of likely N-dealkylation sites (N-methyl/N-ethyl adjacent to an activating group) is 1. The molecule has 15 heavy (non-hydrogen) atoms. The lowest BCUT2D eigenvalue weighted by Crippen LogP contribution is -2.35. The summed E-state index contributed by atoms with van der Waals surface area (Å²) in [5.74, 6) is 0. The second-order valence-electron chi connectivity index (χ2n) is 3.70.